The Morgan fingerprint density at radius 2 is 2.16 bits per heavy atom. The fourth-order valence-electron chi connectivity index (χ4n) is 2.36. The molecule has 1 aliphatic rings. The van der Waals surface area contributed by atoms with Crippen molar-refractivity contribution in [3.05, 3.63) is 28.8 Å². The number of carbonyl (C=O) groups excluding carboxylic acids is 1. The highest BCUT2D eigenvalue weighted by Crippen LogP contribution is 2.29. The first-order valence-electron chi connectivity index (χ1n) is 6.38. The van der Waals surface area contributed by atoms with Gasteiger partial charge in [-0.15, -0.1) is 11.8 Å². The van der Waals surface area contributed by atoms with Gasteiger partial charge in [-0.2, -0.15) is 0 Å². The summed E-state index contributed by atoms with van der Waals surface area (Å²) in [6, 6.07) is 5.39. The van der Waals surface area contributed by atoms with Gasteiger partial charge in [0.05, 0.1) is 16.2 Å². The third-order valence-corrected chi connectivity index (χ3v) is 4.59. The smallest absolute Gasteiger partial charge is 0.252 e. The van der Waals surface area contributed by atoms with Crippen molar-refractivity contribution in [1.82, 2.24) is 5.32 Å². The van der Waals surface area contributed by atoms with Crippen LogP contribution in [-0.4, -0.2) is 29.4 Å². The summed E-state index contributed by atoms with van der Waals surface area (Å²) in [6.07, 6.45) is 5.51. The molecule has 1 amide bonds. The van der Waals surface area contributed by atoms with Gasteiger partial charge in [-0.3, -0.25) is 4.79 Å². The Kier molecular flexibility index (Phi) is 4.76. The van der Waals surface area contributed by atoms with Gasteiger partial charge >= 0.3 is 0 Å². The number of hydrogen-bond acceptors (Lipinski definition) is 3. The second-order valence-electron chi connectivity index (χ2n) is 4.96. The van der Waals surface area contributed by atoms with Gasteiger partial charge in [-0.1, -0.05) is 24.4 Å². The Morgan fingerprint density at radius 3 is 2.79 bits per heavy atom. The molecule has 1 aromatic rings. The van der Waals surface area contributed by atoms with Crippen molar-refractivity contribution < 1.29 is 9.90 Å². The first-order valence-corrected chi connectivity index (χ1v) is 7.98. The van der Waals surface area contributed by atoms with Gasteiger partial charge in [0.2, 0.25) is 0 Å². The highest BCUT2D eigenvalue weighted by Gasteiger charge is 2.31. The van der Waals surface area contributed by atoms with Crippen LogP contribution in [0.5, 0.6) is 0 Å². The first-order chi connectivity index (χ1) is 9.04. The Bertz CT molecular complexity index is 473. The fraction of sp³-hybridized carbons (Fsp3) is 0.500. The van der Waals surface area contributed by atoms with E-state index in [1.54, 1.807) is 23.9 Å². The highest BCUT2D eigenvalue weighted by atomic mass is 35.5. The minimum Gasteiger partial charge on any atom is -0.388 e. The average Bonchev–Trinajstić information content (AvgIpc) is 2.84. The number of nitrogens with one attached hydrogen (secondary N) is 1. The molecular weight excluding hydrogens is 282 g/mol. The van der Waals surface area contributed by atoms with Gasteiger partial charge in [0, 0.05) is 11.4 Å². The van der Waals surface area contributed by atoms with Crippen LogP contribution in [0.15, 0.2) is 23.1 Å². The second-order valence-corrected chi connectivity index (χ2v) is 6.25. The summed E-state index contributed by atoms with van der Waals surface area (Å²) in [5.41, 5.74) is -0.269. The van der Waals surface area contributed by atoms with Crippen LogP contribution in [0.2, 0.25) is 5.02 Å². The predicted molar refractivity (Wildman–Crippen MR) is 79.0 cm³/mol. The van der Waals surface area contributed by atoms with Crippen molar-refractivity contribution in [1.29, 1.82) is 0 Å². The molecule has 1 aliphatic carbocycles. The lowest BCUT2D eigenvalue weighted by Gasteiger charge is -2.22. The lowest BCUT2D eigenvalue weighted by Crippen LogP contribution is -2.40. The Hall–Kier alpha value is -0.710. The van der Waals surface area contributed by atoms with E-state index in [4.69, 9.17) is 11.6 Å². The summed E-state index contributed by atoms with van der Waals surface area (Å²) in [6.45, 7) is 0.297. The molecule has 5 heteroatoms. The molecule has 2 rings (SSSR count). The molecule has 0 heterocycles. The van der Waals surface area contributed by atoms with Gasteiger partial charge in [-0.05, 0) is 37.3 Å². The lowest BCUT2D eigenvalue weighted by atomic mass is 10.0. The number of aliphatic hydroxyl groups is 1. The molecular formula is C14H18ClNO2S. The van der Waals surface area contributed by atoms with Gasteiger partial charge < -0.3 is 10.4 Å². The van der Waals surface area contributed by atoms with Gasteiger partial charge in [-0.25, -0.2) is 0 Å². The van der Waals surface area contributed by atoms with E-state index in [2.05, 4.69) is 5.32 Å². The number of benzene rings is 1. The molecule has 0 aromatic heterocycles. The van der Waals surface area contributed by atoms with E-state index in [9.17, 15) is 9.90 Å². The van der Waals surface area contributed by atoms with E-state index in [1.165, 1.54) is 0 Å². The Morgan fingerprint density at radius 1 is 1.47 bits per heavy atom. The van der Waals surface area contributed by atoms with Crippen LogP contribution in [0.3, 0.4) is 0 Å². The van der Waals surface area contributed by atoms with E-state index in [0.717, 1.165) is 30.6 Å². The van der Waals surface area contributed by atoms with Gasteiger partial charge in [0.1, 0.15) is 0 Å². The number of carbonyl (C=O) groups is 1. The molecule has 1 aromatic carbocycles. The molecule has 3 nitrogen and oxygen atoms in total. The van der Waals surface area contributed by atoms with Gasteiger partial charge in [0.25, 0.3) is 5.91 Å². The molecule has 0 atom stereocenters. The normalized spacial score (nSPS) is 17.4. The summed E-state index contributed by atoms with van der Waals surface area (Å²) in [5, 5.41) is 13.4. The number of halogens is 1. The predicted octanol–water partition coefficient (Wildman–Crippen LogP) is 3.10. The quantitative estimate of drug-likeness (QED) is 0.840. The van der Waals surface area contributed by atoms with Crippen LogP contribution in [0.4, 0.5) is 0 Å². The molecule has 2 N–H and O–H groups in total. The standard InChI is InChI=1S/C14H18ClNO2S/c1-19-10-4-5-12(15)11(8-10)13(17)16-9-14(18)6-2-3-7-14/h4-5,8,18H,2-3,6-7,9H2,1H3,(H,16,17). The summed E-state index contributed by atoms with van der Waals surface area (Å²) in [5.74, 6) is -0.221. The van der Waals surface area contributed by atoms with Crippen LogP contribution in [0.25, 0.3) is 0 Å². The second kappa shape index (κ2) is 6.16. The molecule has 1 saturated carbocycles. The maximum absolute atomic E-state index is 12.1. The number of hydrogen-bond donors (Lipinski definition) is 2. The van der Waals surface area contributed by atoms with E-state index < -0.39 is 5.60 Å². The Balaban J connectivity index is 2.03. The minimum absolute atomic E-state index is 0.221. The van der Waals surface area contributed by atoms with Crippen molar-refractivity contribution in [2.45, 2.75) is 36.2 Å². The van der Waals surface area contributed by atoms with E-state index >= 15 is 0 Å². The topological polar surface area (TPSA) is 49.3 Å². The molecule has 0 aliphatic heterocycles. The van der Waals surface area contributed by atoms with E-state index in [-0.39, 0.29) is 5.91 Å². The Labute approximate surface area is 122 Å². The summed E-state index contributed by atoms with van der Waals surface area (Å²) in [4.78, 5) is 13.1. The zero-order chi connectivity index (χ0) is 13.9. The molecule has 0 saturated heterocycles. The zero-order valence-corrected chi connectivity index (χ0v) is 12.5. The molecule has 104 valence electrons. The molecule has 0 unspecified atom stereocenters. The number of amides is 1. The maximum atomic E-state index is 12.1. The van der Waals surface area contributed by atoms with Crippen molar-refractivity contribution in [3.8, 4) is 0 Å². The molecule has 1 fully saturated rings. The fourth-order valence-corrected chi connectivity index (χ4v) is 3.00. The summed E-state index contributed by atoms with van der Waals surface area (Å²) < 4.78 is 0. The van der Waals surface area contributed by atoms with Crippen molar-refractivity contribution in [2.75, 3.05) is 12.8 Å². The van der Waals surface area contributed by atoms with Crippen LogP contribution in [0, 0.1) is 0 Å². The first kappa shape index (κ1) is 14.7. The molecule has 0 spiro atoms. The molecule has 0 radical (unpaired) electrons. The van der Waals surface area contributed by atoms with Gasteiger partial charge in [0.15, 0.2) is 0 Å². The van der Waals surface area contributed by atoms with E-state index in [1.807, 2.05) is 12.3 Å². The molecule has 19 heavy (non-hydrogen) atoms. The van der Waals surface area contributed by atoms with Crippen LogP contribution >= 0.6 is 23.4 Å². The number of rotatable bonds is 4. The third kappa shape index (κ3) is 3.65. The lowest BCUT2D eigenvalue weighted by molar-refractivity contribution is 0.0449. The highest BCUT2D eigenvalue weighted by molar-refractivity contribution is 7.98. The van der Waals surface area contributed by atoms with Crippen molar-refractivity contribution >= 4 is 29.3 Å². The minimum atomic E-state index is -0.737. The SMILES string of the molecule is CSc1ccc(Cl)c(C(=O)NCC2(O)CCCC2)c1. The summed E-state index contributed by atoms with van der Waals surface area (Å²) >= 11 is 7.61. The zero-order valence-electron chi connectivity index (χ0n) is 10.9. The maximum Gasteiger partial charge on any atom is 0.252 e. The van der Waals surface area contributed by atoms with Crippen LogP contribution < -0.4 is 5.32 Å². The molecule has 0 bridgehead atoms. The largest absolute Gasteiger partial charge is 0.388 e. The number of thioether (sulfide) groups is 1. The average molecular weight is 300 g/mol. The van der Waals surface area contributed by atoms with Crippen molar-refractivity contribution in [2.24, 2.45) is 0 Å². The van der Waals surface area contributed by atoms with Crippen LogP contribution in [-0.2, 0) is 0 Å². The van der Waals surface area contributed by atoms with Crippen LogP contribution in [0.1, 0.15) is 36.0 Å². The summed E-state index contributed by atoms with van der Waals surface area (Å²) in [7, 11) is 0. The van der Waals surface area contributed by atoms with Crippen molar-refractivity contribution in [3.63, 3.8) is 0 Å². The van der Waals surface area contributed by atoms with E-state index in [0.29, 0.717) is 17.1 Å². The monoisotopic (exact) mass is 299 g/mol. The third-order valence-electron chi connectivity index (χ3n) is 3.53.